The maximum absolute atomic E-state index is 13.1. The molecule has 0 aliphatic heterocycles. The molecule has 0 aliphatic rings. The monoisotopic (exact) mass is 524 g/mol. The first-order valence-corrected chi connectivity index (χ1v) is 10.7. The van der Waals surface area contributed by atoms with Gasteiger partial charge in [0.25, 0.3) is 5.91 Å². The van der Waals surface area contributed by atoms with Crippen LogP contribution < -0.4 is 20.9 Å². The zero-order valence-corrected chi connectivity index (χ0v) is 19.6. The number of hydrogen-bond acceptors (Lipinski definition) is 3. The molecule has 0 unspecified atom stereocenters. The number of hydrogen-bond donors (Lipinski definition) is 3. The minimum Gasteiger partial charge on any atom is -0.377 e. The molecule has 3 rings (SSSR count). The molecule has 3 amide bonds. The molecule has 0 saturated heterocycles. The molecule has 0 aromatic heterocycles. The molecule has 0 spiro atoms. The zero-order chi connectivity index (χ0) is 27.4. The maximum atomic E-state index is 13.1. The number of amides is 3. The van der Waals surface area contributed by atoms with Gasteiger partial charge in [0.2, 0.25) is 0 Å². The first kappa shape index (κ1) is 27.4. The Bertz CT molecular complexity index is 1240. The van der Waals surface area contributed by atoms with E-state index >= 15 is 0 Å². The van der Waals surface area contributed by atoms with Gasteiger partial charge in [0.1, 0.15) is 0 Å². The van der Waals surface area contributed by atoms with Gasteiger partial charge in [-0.25, -0.2) is 4.79 Å². The second-order valence-electron chi connectivity index (χ2n) is 8.17. The number of rotatable bonds is 6. The van der Waals surface area contributed by atoms with Gasteiger partial charge in [0.15, 0.2) is 0 Å². The Morgan fingerprint density at radius 2 is 1.32 bits per heavy atom. The van der Waals surface area contributed by atoms with Gasteiger partial charge in [0, 0.05) is 37.7 Å². The van der Waals surface area contributed by atoms with Crippen LogP contribution in [0.15, 0.2) is 66.7 Å². The van der Waals surface area contributed by atoms with Crippen LogP contribution in [0.4, 0.5) is 48.2 Å². The number of alkyl halides is 6. The van der Waals surface area contributed by atoms with Gasteiger partial charge in [-0.15, -0.1) is 0 Å². The predicted molar refractivity (Wildman–Crippen MR) is 127 cm³/mol. The highest BCUT2D eigenvalue weighted by molar-refractivity contribution is 6.04. The summed E-state index contributed by atoms with van der Waals surface area (Å²) >= 11 is 0. The van der Waals surface area contributed by atoms with Crippen LogP contribution in [-0.4, -0.2) is 26.0 Å². The van der Waals surface area contributed by atoms with Gasteiger partial charge in [-0.05, 0) is 42.0 Å². The normalized spacial score (nSPS) is 11.6. The van der Waals surface area contributed by atoms with E-state index in [1.165, 1.54) is 12.1 Å². The smallest absolute Gasteiger partial charge is 0.377 e. The summed E-state index contributed by atoms with van der Waals surface area (Å²) in [5, 5.41) is 7.08. The molecular weight excluding hydrogens is 502 g/mol. The standard InChI is InChI=1S/C25H22F6N4O2/c1-35(2)21-9-8-18(13-20(21)22(36)32-14-15-6-4-3-5-7-15)33-23(37)34-19-11-16(24(26,27)28)10-17(12-19)25(29,30)31/h3-13H,14H2,1-2H3,(H,32,36)(H2,33,34,37). The quantitative estimate of drug-likeness (QED) is 0.329. The van der Waals surface area contributed by atoms with Crippen molar-refractivity contribution in [3.63, 3.8) is 0 Å². The van der Waals surface area contributed by atoms with Crippen molar-refractivity contribution in [1.82, 2.24) is 5.32 Å². The molecule has 0 saturated carbocycles. The molecule has 0 aliphatic carbocycles. The van der Waals surface area contributed by atoms with E-state index in [4.69, 9.17) is 0 Å². The fourth-order valence-electron chi connectivity index (χ4n) is 3.38. The third-order valence-corrected chi connectivity index (χ3v) is 5.12. The van der Waals surface area contributed by atoms with Crippen LogP contribution in [0.1, 0.15) is 27.0 Å². The Hall–Kier alpha value is -4.22. The molecule has 0 heterocycles. The Labute approximate surface area is 208 Å². The summed E-state index contributed by atoms with van der Waals surface area (Å²) in [4.78, 5) is 26.9. The number of carbonyl (C=O) groups is 2. The van der Waals surface area contributed by atoms with E-state index in [0.29, 0.717) is 17.8 Å². The SMILES string of the molecule is CN(C)c1ccc(NC(=O)Nc2cc(C(F)(F)F)cc(C(F)(F)F)c2)cc1C(=O)NCc1ccccc1. The summed E-state index contributed by atoms with van der Waals surface area (Å²) in [6.07, 6.45) is -10.1. The molecule has 0 bridgehead atoms. The summed E-state index contributed by atoms with van der Waals surface area (Å²) < 4.78 is 78.5. The average molecular weight is 524 g/mol. The predicted octanol–water partition coefficient (Wildman–Crippen LogP) is 6.36. The van der Waals surface area contributed by atoms with Crippen molar-refractivity contribution >= 4 is 29.0 Å². The number of urea groups is 1. The van der Waals surface area contributed by atoms with Crippen LogP contribution in [0.25, 0.3) is 0 Å². The zero-order valence-electron chi connectivity index (χ0n) is 19.6. The largest absolute Gasteiger partial charge is 0.416 e. The van der Waals surface area contributed by atoms with Crippen molar-refractivity contribution in [1.29, 1.82) is 0 Å². The van der Waals surface area contributed by atoms with Crippen LogP contribution in [0.3, 0.4) is 0 Å². The minimum atomic E-state index is -5.06. The number of anilines is 3. The third kappa shape index (κ3) is 7.38. The minimum absolute atomic E-state index is 0.0383. The summed E-state index contributed by atoms with van der Waals surface area (Å²) in [6, 6.07) is 13.1. The fourth-order valence-corrected chi connectivity index (χ4v) is 3.38. The summed E-state index contributed by atoms with van der Waals surface area (Å²) in [5.41, 5.74) is -2.17. The van der Waals surface area contributed by atoms with Crippen LogP contribution in [0.5, 0.6) is 0 Å². The molecule has 12 heteroatoms. The van der Waals surface area contributed by atoms with Crippen molar-refractivity contribution < 1.29 is 35.9 Å². The molecule has 0 atom stereocenters. The summed E-state index contributed by atoms with van der Waals surface area (Å²) in [6.45, 7) is 0.238. The summed E-state index contributed by atoms with van der Waals surface area (Å²) in [5.74, 6) is -0.454. The first-order chi connectivity index (χ1) is 17.2. The van der Waals surface area contributed by atoms with E-state index in [0.717, 1.165) is 5.56 Å². The summed E-state index contributed by atoms with van der Waals surface area (Å²) in [7, 11) is 3.41. The van der Waals surface area contributed by atoms with E-state index in [-0.39, 0.29) is 23.9 Å². The fraction of sp³-hybridized carbons (Fsp3) is 0.200. The number of halogens is 6. The number of benzene rings is 3. The molecule has 196 valence electrons. The van der Waals surface area contributed by atoms with E-state index in [1.807, 2.05) is 35.6 Å². The lowest BCUT2D eigenvalue weighted by Crippen LogP contribution is -2.26. The highest BCUT2D eigenvalue weighted by atomic mass is 19.4. The van der Waals surface area contributed by atoms with E-state index in [1.54, 1.807) is 25.1 Å². The molecule has 3 aromatic carbocycles. The Morgan fingerprint density at radius 3 is 1.86 bits per heavy atom. The van der Waals surface area contributed by atoms with Crippen molar-refractivity contribution in [2.45, 2.75) is 18.9 Å². The molecule has 37 heavy (non-hydrogen) atoms. The second-order valence-corrected chi connectivity index (χ2v) is 8.17. The molecular formula is C25H22F6N4O2. The Balaban J connectivity index is 1.80. The maximum Gasteiger partial charge on any atom is 0.416 e. The first-order valence-electron chi connectivity index (χ1n) is 10.7. The highest BCUT2D eigenvalue weighted by Crippen LogP contribution is 2.37. The van der Waals surface area contributed by atoms with Crippen LogP contribution in [0.2, 0.25) is 0 Å². The Morgan fingerprint density at radius 1 is 0.757 bits per heavy atom. The highest BCUT2D eigenvalue weighted by Gasteiger charge is 2.37. The van der Waals surface area contributed by atoms with Crippen LogP contribution >= 0.6 is 0 Å². The number of nitrogens with zero attached hydrogens (tertiary/aromatic N) is 1. The van der Waals surface area contributed by atoms with Crippen molar-refractivity contribution in [3.05, 3.63) is 89.0 Å². The molecule has 6 nitrogen and oxygen atoms in total. The van der Waals surface area contributed by atoms with E-state index in [2.05, 4.69) is 10.6 Å². The van der Waals surface area contributed by atoms with Crippen molar-refractivity contribution in [3.8, 4) is 0 Å². The van der Waals surface area contributed by atoms with Gasteiger partial charge >= 0.3 is 18.4 Å². The lowest BCUT2D eigenvalue weighted by Gasteiger charge is -2.19. The van der Waals surface area contributed by atoms with Gasteiger partial charge in [0.05, 0.1) is 16.7 Å². The van der Waals surface area contributed by atoms with Crippen LogP contribution in [0, 0.1) is 0 Å². The molecule has 0 fully saturated rings. The average Bonchev–Trinajstić information content (AvgIpc) is 2.81. The lowest BCUT2D eigenvalue weighted by atomic mass is 10.1. The van der Waals surface area contributed by atoms with E-state index in [9.17, 15) is 35.9 Å². The van der Waals surface area contributed by atoms with Crippen molar-refractivity contribution in [2.75, 3.05) is 29.6 Å². The van der Waals surface area contributed by atoms with Crippen LogP contribution in [-0.2, 0) is 18.9 Å². The van der Waals surface area contributed by atoms with Gasteiger partial charge in [-0.1, -0.05) is 30.3 Å². The van der Waals surface area contributed by atoms with Gasteiger partial charge < -0.3 is 20.9 Å². The lowest BCUT2D eigenvalue weighted by molar-refractivity contribution is -0.143. The van der Waals surface area contributed by atoms with Gasteiger partial charge in [-0.3, -0.25) is 4.79 Å². The van der Waals surface area contributed by atoms with E-state index < -0.39 is 41.1 Å². The number of nitrogens with one attached hydrogen (secondary N) is 3. The molecule has 3 aromatic rings. The Kier molecular flexibility index (Phi) is 7.99. The third-order valence-electron chi connectivity index (χ3n) is 5.12. The number of carbonyl (C=O) groups excluding carboxylic acids is 2. The van der Waals surface area contributed by atoms with Gasteiger partial charge in [-0.2, -0.15) is 26.3 Å². The molecule has 3 N–H and O–H groups in total. The topological polar surface area (TPSA) is 73.5 Å². The van der Waals surface area contributed by atoms with Crippen molar-refractivity contribution in [2.24, 2.45) is 0 Å². The molecule has 0 radical (unpaired) electrons. The second kappa shape index (κ2) is 10.8.